The Kier molecular flexibility index (Phi) is 3.73. The number of hydrogen-bond acceptors (Lipinski definition) is 3. The van der Waals surface area contributed by atoms with E-state index in [9.17, 15) is 0 Å². The third-order valence-corrected chi connectivity index (χ3v) is 4.32. The predicted molar refractivity (Wildman–Crippen MR) is 78.4 cm³/mol. The summed E-state index contributed by atoms with van der Waals surface area (Å²) < 4.78 is 5.52. The van der Waals surface area contributed by atoms with Crippen molar-refractivity contribution in [2.24, 2.45) is 5.73 Å². The Morgan fingerprint density at radius 1 is 1.17 bits per heavy atom. The summed E-state index contributed by atoms with van der Waals surface area (Å²) in [4.78, 5) is 1.29. The van der Waals surface area contributed by atoms with E-state index >= 15 is 0 Å². The molecule has 0 saturated heterocycles. The second kappa shape index (κ2) is 5.12. The van der Waals surface area contributed by atoms with Crippen LogP contribution in [0.1, 0.15) is 21.6 Å². The Hall–Kier alpha value is -1.32. The zero-order chi connectivity index (χ0) is 13.3. The van der Waals surface area contributed by atoms with Crippen molar-refractivity contribution in [2.75, 3.05) is 7.11 Å². The van der Waals surface area contributed by atoms with Crippen LogP contribution in [-0.4, -0.2) is 7.11 Å². The normalized spacial score (nSPS) is 10.7. The van der Waals surface area contributed by atoms with E-state index < -0.39 is 0 Å². The van der Waals surface area contributed by atoms with Crippen molar-refractivity contribution in [3.05, 3.63) is 39.1 Å². The van der Waals surface area contributed by atoms with Gasteiger partial charge in [-0.2, -0.15) is 0 Å². The minimum atomic E-state index is 0.565. The zero-order valence-corrected chi connectivity index (χ0v) is 12.1. The lowest BCUT2D eigenvalue weighted by molar-refractivity contribution is 0.416. The number of benzene rings is 1. The van der Waals surface area contributed by atoms with Crippen molar-refractivity contribution >= 4 is 11.3 Å². The minimum Gasteiger partial charge on any atom is -0.496 e. The number of thiophene rings is 1. The molecule has 0 radical (unpaired) electrons. The molecule has 18 heavy (non-hydrogen) atoms. The largest absolute Gasteiger partial charge is 0.496 e. The van der Waals surface area contributed by atoms with Gasteiger partial charge in [0.25, 0.3) is 0 Å². The number of methoxy groups -OCH3 is 1. The fourth-order valence-electron chi connectivity index (χ4n) is 2.17. The average molecular weight is 261 g/mol. The van der Waals surface area contributed by atoms with Crippen LogP contribution < -0.4 is 10.5 Å². The fraction of sp³-hybridized carbons (Fsp3) is 0.333. The van der Waals surface area contributed by atoms with E-state index in [2.05, 4.69) is 38.3 Å². The second-order valence-electron chi connectivity index (χ2n) is 4.53. The summed E-state index contributed by atoms with van der Waals surface area (Å²) in [5.41, 5.74) is 11.9. The molecule has 1 aromatic heterocycles. The van der Waals surface area contributed by atoms with Crippen LogP contribution in [0.2, 0.25) is 0 Å². The third-order valence-electron chi connectivity index (χ3n) is 3.36. The molecule has 2 N–H and O–H groups in total. The van der Waals surface area contributed by atoms with Gasteiger partial charge in [0.15, 0.2) is 0 Å². The van der Waals surface area contributed by atoms with Gasteiger partial charge in [-0.25, -0.2) is 0 Å². The summed E-state index contributed by atoms with van der Waals surface area (Å²) in [7, 11) is 1.72. The molecular weight excluding hydrogens is 242 g/mol. The molecule has 0 unspecified atom stereocenters. The molecule has 0 amide bonds. The lowest BCUT2D eigenvalue weighted by atomic mass is 9.97. The third kappa shape index (κ3) is 2.16. The number of nitrogens with two attached hydrogens (primary N) is 1. The Morgan fingerprint density at radius 2 is 1.83 bits per heavy atom. The highest BCUT2D eigenvalue weighted by atomic mass is 32.1. The van der Waals surface area contributed by atoms with Gasteiger partial charge >= 0.3 is 0 Å². The van der Waals surface area contributed by atoms with Gasteiger partial charge in [-0.1, -0.05) is 0 Å². The van der Waals surface area contributed by atoms with Crippen LogP contribution >= 0.6 is 11.3 Å². The van der Waals surface area contributed by atoms with Gasteiger partial charge in [0, 0.05) is 22.5 Å². The van der Waals surface area contributed by atoms with Gasteiger partial charge in [-0.15, -0.1) is 11.3 Å². The van der Waals surface area contributed by atoms with Crippen LogP contribution in [0, 0.1) is 20.8 Å². The summed E-state index contributed by atoms with van der Waals surface area (Å²) in [5, 5.41) is 2.14. The Labute approximate surface area is 112 Å². The van der Waals surface area contributed by atoms with Crippen LogP contribution in [0.15, 0.2) is 17.5 Å². The quantitative estimate of drug-likeness (QED) is 0.912. The molecule has 0 aliphatic heterocycles. The maximum Gasteiger partial charge on any atom is 0.127 e. The summed E-state index contributed by atoms with van der Waals surface area (Å²) in [5.74, 6) is 0.925. The first-order chi connectivity index (χ1) is 8.58. The highest BCUT2D eigenvalue weighted by Gasteiger charge is 2.15. The fourth-order valence-corrected chi connectivity index (χ4v) is 3.06. The van der Waals surface area contributed by atoms with E-state index in [1.807, 2.05) is 0 Å². The van der Waals surface area contributed by atoms with E-state index in [0.717, 1.165) is 11.3 Å². The molecule has 2 rings (SSSR count). The van der Waals surface area contributed by atoms with Crippen molar-refractivity contribution in [3.8, 4) is 16.9 Å². The van der Waals surface area contributed by atoms with Gasteiger partial charge in [0.2, 0.25) is 0 Å². The van der Waals surface area contributed by atoms with E-state index in [1.165, 1.54) is 27.1 Å². The topological polar surface area (TPSA) is 35.2 Å². The highest BCUT2D eigenvalue weighted by molar-refractivity contribution is 7.10. The first-order valence-corrected chi connectivity index (χ1v) is 6.89. The molecule has 3 heteroatoms. The molecule has 1 heterocycles. The van der Waals surface area contributed by atoms with Crippen molar-refractivity contribution in [2.45, 2.75) is 27.3 Å². The lowest BCUT2D eigenvalue weighted by Gasteiger charge is -2.13. The molecule has 0 spiro atoms. The van der Waals surface area contributed by atoms with E-state index in [4.69, 9.17) is 10.5 Å². The lowest BCUT2D eigenvalue weighted by Crippen LogP contribution is -1.98. The summed E-state index contributed by atoms with van der Waals surface area (Å²) in [6.07, 6.45) is 0. The molecule has 96 valence electrons. The van der Waals surface area contributed by atoms with Crippen molar-refractivity contribution in [3.63, 3.8) is 0 Å². The molecule has 0 aliphatic carbocycles. The molecule has 0 fully saturated rings. The number of aryl methyl sites for hydroxylation is 3. The summed E-state index contributed by atoms with van der Waals surface area (Å²) in [6, 6.07) is 4.30. The monoisotopic (exact) mass is 261 g/mol. The molecule has 2 aromatic rings. The van der Waals surface area contributed by atoms with Gasteiger partial charge in [0.05, 0.1) is 7.11 Å². The molecule has 0 bridgehead atoms. The number of hydrogen-bond donors (Lipinski definition) is 1. The van der Waals surface area contributed by atoms with Gasteiger partial charge < -0.3 is 10.5 Å². The van der Waals surface area contributed by atoms with E-state index in [-0.39, 0.29) is 0 Å². The predicted octanol–water partition coefficient (Wildman–Crippen LogP) is 3.81. The van der Waals surface area contributed by atoms with Gasteiger partial charge in [-0.05, 0) is 55.0 Å². The van der Waals surface area contributed by atoms with E-state index in [1.54, 1.807) is 18.4 Å². The zero-order valence-electron chi connectivity index (χ0n) is 11.3. The summed E-state index contributed by atoms with van der Waals surface area (Å²) >= 11 is 1.74. The SMILES string of the molecule is COc1cc(C)c(C)cc1-c1c(CN)csc1C. The van der Waals surface area contributed by atoms with Crippen LogP contribution in [0.3, 0.4) is 0 Å². The Bertz CT molecular complexity index is 572. The van der Waals surface area contributed by atoms with Gasteiger partial charge in [-0.3, -0.25) is 0 Å². The maximum atomic E-state index is 5.83. The molecule has 1 aromatic carbocycles. The average Bonchev–Trinajstić information content (AvgIpc) is 2.73. The molecule has 0 aliphatic rings. The molecule has 0 atom stereocenters. The number of ether oxygens (including phenoxy) is 1. The smallest absolute Gasteiger partial charge is 0.127 e. The molecular formula is C15H19NOS. The second-order valence-corrected chi connectivity index (χ2v) is 5.62. The van der Waals surface area contributed by atoms with E-state index in [0.29, 0.717) is 6.54 Å². The first-order valence-electron chi connectivity index (χ1n) is 6.01. The summed E-state index contributed by atoms with van der Waals surface area (Å²) in [6.45, 7) is 6.93. The van der Waals surface area contributed by atoms with Crippen LogP contribution in [0.4, 0.5) is 0 Å². The first kappa shape index (κ1) is 13.1. The van der Waals surface area contributed by atoms with Crippen molar-refractivity contribution < 1.29 is 4.74 Å². The van der Waals surface area contributed by atoms with Crippen LogP contribution in [-0.2, 0) is 6.54 Å². The van der Waals surface area contributed by atoms with Crippen molar-refractivity contribution in [1.29, 1.82) is 0 Å². The highest BCUT2D eigenvalue weighted by Crippen LogP contribution is 2.39. The minimum absolute atomic E-state index is 0.565. The van der Waals surface area contributed by atoms with Gasteiger partial charge in [0.1, 0.15) is 5.75 Å². The molecule has 0 saturated carbocycles. The standard InChI is InChI=1S/C15H19NOS/c1-9-5-13(14(17-4)6-10(9)2)15-11(3)18-8-12(15)7-16/h5-6,8H,7,16H2,1-4H3. The van der Waals surface area contributed by atoms with Crippen LogP contribution in [0.25, 0.3) is 11.1 Å². The van der Waals surface area contributed by atoms with Crippen molar-refractivity contribution in [1.82, 2.24) is 0 Å². The Morgan fingerprint density at radius 3 is 2.44 bits per heavy atom. The van der Waals surface area contributed by atoms with Crippen LogP contribution in [0.5, 0.6) is 5.75 Å². The maximum absolute atomic E-state index is 5.83. The Balaban J connectivity index is 2.69. The number of rotatable bonds is 3. The molecule has 2 nitrogen and oxygen atoms in total.